The predicted molar refractivity (Wildman–Crippen MR) is 97.7 cm³/mol. The number of benzene rings is 1. The third kappa shape index (κ3) is 5.13. The summed E-state index contributed by atoms with van der Waals surface area (Å²) in [5, 5.41) is 0. The summed E-state index contributed by atoms with van der Waals surface area (Å²) < 4.78 is 13.0. The molecule has 136 valence electrons. The molecule has 5 heteroatoms. The second kappa shape index (κ2) is 8.59. The van der Waals surface area contributed by atoms with E-state index in [9.17, 15) is 9.18 Å². The van der Waals surface area contributed by atoms with Crippen LogP contribution in [0.15, 0.2) is 35.9 Å². The molecule has 2 heterocycles. The lowest BCUT2D eigenvalue weighted by molar-refractivity contribution is -0.132. The Morgan fingerprint density at radius 1 is 1.00 bits per heavy atom. The highest BCUT2D eigenvalue weighted by molar-refractivity contribution is 5.75. The van der Waals surface area contributed by atoms with Gasteiger partial charge < -0.3 is 4.90 Å². The van der Waals surface area contributed by atoms with Gasteiger partial charge in [0.05, 0.1) is 0 Å². The molecule has 1 amide bonds. The summed E-state index contributed by atoms with van der Waals surface area (Å²) >= 11 is 0. The molecule has 1 aromatic carbocycles. The van der Waals surface area contributed by atoms with Crippen LogP contribution in [0.5, 0.6) is 0 Å². The van der Waals surface area contributed by atoms with E-state index in [-0.39, 0.29) is 11.7 Å². The van der Waals surface area contributed by atoms with E-state index < -0.39 is 0 Å². The highest BCUT2D eigenvalue weighted by Gasteiger charge is 2.21. The van der Waals surface area contributed by atoms with Crippen molar-refractivity contribution in [3.05, 3.63) is 47.3 Å². The average Bonchev–Trinajstić information content (AvgIpc) is 2.64. The molecular formula is C20H28FN3O. The number of amides is 1. The van der Waals surface area contributed by atoms with Crippen LogP contribution in [-0.4, -0.2) is 66.4 Å². The SMILES string of the molecule is CCC(=O)N1CCN(CC2=CCCN(Cc3ccc(F)cc3)C2)CC1. The van der Waals surface area contributed by atoms with Crippen LogP contribution in [0.25, 0.3) is 0 Å². The second-order valence-corrected chi connectivity index (χ2v) is 7.00. The molecule has 1 saturated heterocycles. The van der Waals surface area contributed by atoms with E-state index in [0.29, 0.717) is 6.42 Å². The summed E-state index contributed by atoms with van der Waals surface area (Å²) in [4.78, 5) is 18.6. The van der Waals surface area contributed by atoms with E-state index in [1.54, 1.807) is 0 Å². The number of piperazine rings is 1. The van der Waals surface area contributed by atoms with Gasteiger partial charge in [-0.3, -0.25) is 14.6 Å². The number of hydrogen-bond donors (Lipinski definition) is 0. The maximum Gasteiger partial charge on any atom is 0.222 e. The molecule has 3 rings (SSSR count). The minimum absolute atomic E-state index is 0.177. The summed E-state index contributed by atoms with van der Waals surface area (Å²) in [5.41, 5.74) is 2.62. The topological polar surface area (TPSA) is 26.8 Å². The zero-order valence-corrected chi connectivity index (χ0v) is 15.1. The van der Waals surface area contributed by atoms with Crippen molar-refractivity contribution in [2.45, 2.75) is 26.3 Å². The predicted octanol–water partition coefficient (Wildman–Crippen LogP) is 2.51. The molecule has 0 spiro atoms. The van der Waals surface area contributed by atoms with Crippen molar-refractivity contribution in [1.29, 1.82) is 0 Å². The van der Waals surface area contributed by atoms with Gasteiger partial charge in [-0.2, -0.15) is 0 Å². The lowest BCUT2D eigenvalue weighted by Gasteiger charge is -2.36. The molecule has 0 radical (unpaired) electrons. The first-order valence-corrected chi connectivity index (χ1v) is 9.29. The summed E-state index contributed by atoms with van der Waals surface area (Å²) in [6.07, 6.45) is 4.04. The van der Waals surface area contributed by atoms with Gasteiger partial charge in [-0.25, -0.2) is 4.39 Å². The largest absolute Gasteiger partial charge is 0.340 e. The van der Waals surface area contributed by atoms with E-state index in [1.165, 1.54) is 17.7 Å². The minimum atomic E-state index is -0.177. The highest BCUT2D eigenvalue weighted by atomic mass is 19.1. The van der Waals surface area contributed by atoms with E-state index in [1.807, 2.05) is 24.0 Å². The molecule has 0 saturated carbocycles. The highest BCUT2D eigenvalue weighted by Crippen LogP contribution is 2.16. The van der Waals surface area contributed by atoms with Crippen molar-refractivity contribution in [3.63, 3.8) is 0 Å². The maximum atomic E-state index is 13.0. The van der Waals surface area contributed by atoms with Crippen LogP contribution in [0.1, 0.15) is 25.3 Å². The van der Waals surface area contributed by atoms with Gasteiger partial charge in [0.15, 0.2) is 0 Å². The first-order valence-electron chi connectivity index (χ1n) is 9.29. The molecule has 4 nitrogen and oxygen atoms in total. The zero-order valence-electron chi connectivity index (χ0n) is 15.1. The zero-order chi connectivity index (χ0) is 17.6. The van der Waals surface area contributed by atoms with Crippen LogP contribution >= 0.6 is 0 Å². The molecule has 25 heavy (non-hydrogen) atoms. The molecule has 2 aliphatic rings. The molecule has 0 aromatic heterocycles. The third-order valence-electron chi connectivity index (χ3n) is 5.08. The Labute approximate surface area is 149 Å². The van der Waals surface area contributed by atoms with Crippen molar-refractivity contribution in [2.75, 3.05) is 45.8 Å². The Morgan fingerprint density at radius 2 is 1.72 bits per heavy atom. The molecule has 0 atom stereocenters. The molecule has 1 fully saturated rings. The Morgan fingerprint density at radius 3 is 2.40 bits per heavy atom. The fourth-order valence-electron chi connectivity index (χ4n) is 3.65. The van der Waals surface area contributed by atoms with Crippen molar-refractivity contribution in [1.82, 2.24) is 14.7 Å². The quantitative estimate of drug-likeness (QED) is 0.767. The van der Waals surface area contributed by atoms with Crippen molar-refractivity contribution in [2.24, 2.45) is 0 Å². The molecule has 2 aliphatic heterocycles. The Kier molecular flexibility index (Phi) is 6.21. The number of halogens is 1. The monoisotopic (exact) mass is 345 g/mol. The van der Waals surface area contributed by atoms with Gasteiger partial charge >= 0.3 is 0 Å². The first kappa shape index (κ1) is 18.1. The molecule has 0 bridgehead atoms. The number of rotatable bonds is 5. The van der Waals surface area contributed by atoms with Crippen LogP contribution in [0.4, 0.5) is 4.39 Å². The molecular weight excluding hydrogens is 317 g/mol. The van der Waals surface area contributed by atoms with E-state index in [2.05, 4.69) is 15.9 Å². The van der Waals surface area contributed by atoms with Crippen molar-refractivity contribution < 1.29 is 9.18 Å². The molecule has 0 aliphatic carbocycles. The average molecular weight is 345 g/mol. The van der Waals surface area contributed by atoms with Crippen LogP contribution < -0.4 is 0 Å². The van der Waals surface area contributed by atoms with Gasteiger partial charge in [-0.15, -0.1) is 0 Å². The molecule has 1 aromatic rings. The van der Waals surface area contributed by atoms with Gasteiger partial charge in [0.2, 0.25) is 5.91 Å². The van der Waals surface area contributed by atoms with Crippen molar-refractivity contribution in [3.8, 4) is 0 Å². The van der Waals surface area contributed by atoms with Crippen molar-refractivity contribution >= 4 is 5.91 Å². The summed E-state index contributed by atoms with van der Waals surface area (Å²) in [6.45, 7) is 9.44. The normalized spacial score (nSPS) is 19.8. The van der Waals surface area contributed by atoms with E-state index in [0.717, 1.165) is 64.3 Å². The first-order chi connectivity index (χ1) is 12.1. The fraction of sp³-hybridized carbons (Fsp3) is 0.550. The molecule has 0 N–H and O–H groups in total. The van der Waals surface area contributed by atoms with Crippen LogP contribution in [0, 0.1) is 5.82 Å². The van der Waals surface area contributed by atoms with E-state index in [4.69, 9.17) is 0 Å². The van der Waals surface area contributed by atoms with Crippen LogP contribution in [0.3, 0.4) is 0 Å². The maximum absolute atomic E-state index is 13.0. The standard InChI is InChI=1S/C20H28FN3O/c1-2-20(25)24-12-10-22(11-13-24)15-18-4-3-9-23(16-18)14-17-5-7-19(21)8-6-17/h4-8H,2-3,9-16H2,1H3. The van der Waals surface area contributed by atoms with Gasteiger partial charge in [0, 0.05) is 58.8 Å². The van der Waals surface area contributed by atoms with Crippen LogP contribution in [0.2, 0.25) is 0 Å². The number of hydrogen-bond acceptors (Lipinski definition) is 3. The number of carbonyl (C=O) groups excluding carboxylic acids is 1. The third-order valence-corrected chi connectivity index (χ3v) is 5.08. The Bertz CT molecular complexity index is 606. The smallest absolute Gasteiger partial charge is 0.222 e. The van der Waals surface area contributed by atoms with Gasteiger partial charge in [-0.05, 0) is 29.7 Å². The van der Waals surface area contributed by atoms with E-state index >= 15 is 0 Å². The Balaban J connectivity index is 1.46. The summed E-state index contributed by atoms with van der Waals surface area (Å²) in [6, 6.07) is 6.81. The summed E-state index contributed by atoms with van der Waals surface area (Å²) in [7, 11) is 0. The Hall–Kier alpha value is -1.72. The van der Waals surface area contributed by atoms with Gasteiger partial charge in [0.25, 0.3) is 0 Å². The number of nitrogens with zero attached hydrogens (tertiary/aromatic N) is 3. The number of carbonyl (C=O) groups is 1. The molecule has 0 unspecified atom stereocenters. The fourth-order valence-corrected chi connectivity index (χ4v) is 3.65. The lowest BCUT2D eigenvalue weighted by atomic mass is 10.1. The minimum Gasteiger partial charge on any atom is -0.340 e. The lowest BCUT2D eigenvalue weighted by Crippen LogP contribution is -2.49. The second-order valence-electron chi connectivity index (χ2n) is 7.00. The van der Waals surface area contributed by atoms with Gasteiger partial charge in [-0.1, -0.05) is 25.1 Å². The van der Waals surface area contributed by atoms with Crippen LogP contribution in [-0.2, 0) is 11.3 Å². The van der Waals surface area contributed by atoms with Gasteiger partial charge in [0.1, 0.15) is 5.82 Å². The summed E-state index contributed by atoms with van der Waals surface area (Å²) in [5.74, 6) is 0.0886.